The Morgan fingerprint density at radius 1 is 0.974 bits per heavy atom. The summed E-state index contributed by atoms with van der Waals surface area (Å²) in [6.45, 7) is 4.60. The molecule has 0 saturated heterocycles. The minimum absolute atomic E-state index is 0. The topological polar surface area (TPSA) is 38.1 Å². The van der Waals surface area contributed by atoms with Crippen LogP contribution in [0.3, 0.4) is 0 Å². The number of hydrogen-bond acceptors (Lipinski definition) is 3. The molecular weight excluding hydrogens is 506 g/mol. The van der Waals surface area contributed by atoms with Gasteiger partial charge in [-0.2, -0.15) is 13.2 Å². The molecule has 1 unspecified atom stereocenters. The van der Waals surface area contributed by atoms with Crippen molar-refractivity contribution in [2.24, 2.45) is 0 Å². The summed E-state index contributed by atoms with van der Waals surface area (Å²) in [5.74, 6) is -0.421. The molecule has 2 heterocycles. The molecule has 0 spiro atoms. The van der Waals surface area contributed by atoms with Crippen LogP contribution in [-0.4, -0.2) is 21.0 Å². The Bertz CT molecular complexity index is 1460. The van der Waals surface area contributed by atoms with Crippen LogP contribution in [0.5, 0.6) is 0 Å². The number of nitrogens with zero attached hydrogens (tertiary/aromatic N) is 3. The van der Waals surface area contributed by atoms with E-state index in [9.17, 15) is 22.4 Å². The Kier molecular flexibility index (Phi) is 8.07. The van der Waals surface area contributed by atoms with Crippen molar-refractivity contribution < 1.29 is 17.6 Å². The second-order valence-electron chi connectivity index (χ2n) is 9.80. The van der Waals surface area contributed by atoms with E-state index in [0.29, 0.717) is 29.7 Å². The first-order valence-corrected chi connectivity index (χ1v) is 12.4. The van der Waals surface area contributed by atoms with Crippen molar-refractivity contribution in [3.63, 3.8) is 0 Å². The number of aryl methyl sites for hydroxylation is 1. The first-order chi connectivity index (χ1) is 18.1. The van der Waals surface area contributed by atoms with E-state index in [4.69, 9.17) is 4.98 Å². The lowest BCUT2D eigenvalue weighted by Crippen LogP contribution is -2.41. The Hall–Kier alpha value is -3.78. The van der Waals surface area contributed by atoms with Crippen molar-refractivity contribution in [2.45, 2.75) is 52.5 Å². The Labute approximate surface area is 225 Å². The van der Waals surface area contributed by atoms with Gasteiger partial charge < -0.3 is 0 Å². The highest BCUT2D eigenvalue weighted by Gasteiger charge is 2.33. The third kappa shape index (κ3) is 5.66. The average Bonchev–Trinajstić information content (AvgIpc) is 2.89. The molecule has 1 aliphatic heterocycles. The van der Waals surface area contributed by atoms with Gasteiger partial charge >= 0.3 is 6.18 Å². The molecule has 0 radical (unpaired) electrons. The number of alkyl halides is 3. The van der Waals surface area contributed by atoms with Crippen molar-refractivity contribution in [1.82, 2.24) is 14.5 Å². The first kappa shape index (κ1) is 28.2. The van der Waals surface area contributed by atoms with Crippen LogP contribution in [0.25, 0.3) is 0 Å². The zero-order chi connectivity index (χ0) is 27.0. The fourth-order valence-corrected chi connectivity index (χ4v) is 5.29. The van der Waals surface area contributed by atoms with Gasteiger partial charge in [0.05, 0.1) is 22.9 Å². The normalized spacial score (nSPS) is 15.6. The number of benzene rings is 3. The van der Waals surface area contributed by atoms with Gasteiger partial charge in [-0.3, -0.25) is 14.3 Å². The maximum Gasteiger partial charge on any atom is 0.416 e. The standard InChI is InChI=1S/C30H27F4N3O.CH4/c1-19-16-36(17-23-13-14-24(15-26(23)31)30(32,33)34)18-25-27(19)35-20(2)37(29(25)38)28(21-9-5-3-6-10-21)22-11-7-4-8-12-22;/h3-15,19,28H,16-18H2,1-2H3;1H4. The fourth-order valence-electron chi connectivity index (χ4n) is 5.29. The molecular formula is C31H31F4N3O. The van der Waals surface area contributed by atoms with Crippen molar-refractivity contribution in [2.75, 3.05) is 6.54 Å². The van der Waals surface area contributed by atoms with Crippen LogP contribution in [0.1, 0.15) is 65.6 Å². The van der Waals surface area contributed by atoms with Crippen molar-refractivity contribution in [1.29, 1.82) is 0 Å². The lowest BCUT2D eigenvalue weighted by molar-refractivity contribution is -0.137. The summed E-state index contributed by atoms with van der Waals surface area (Å²) >= 11 is 0. The Balaban J connectivity index is 0.00000353. The van der Waals surface area contributed by atoms with Gasteiger partial charge in [0.2, 0.25) is 0 Å². The second-order valence-corrected chi connectivity index (χ2v) is 9.80. The highest BCUT2D eigenvalue weighted by atomic mass is 19.4. The monoisotopic (exact) mass is 537 g/mol. The predicted molar refractivity (Wildman–Crippen MR) is 144 cm³/mol. The van der Waals surface area contributed by atoms with Gasteiger partial charge in [0.1, 0.15) is 11.6 Å². The van der Waals surface area contributed by atoms with Gasteiger partial charge in [0.25, 0.3) is 5.56 Å². The summed E-state index contributed by atoms with van der Waals surface area (Å²) in [5.41, 5.74) is 2.09. The fraction of sp³-hybridized carbons (Fsp3) is 0.290. The van der Waals surface area contributed by atoms with Gasteiger partial charge in [-0.05, 0) is 30.2 Å². The summed E-state index contributed by atoms with van der Waals surface area (Å²) in [5, 5.41) is 0. The molecule has 0 fully saturated rings. The molecule has 1 aliphatic rings. The first-order valence-electron chi connectivity index (χ1n) is 12.4. The van der Waals surface area contributed by atoms with E-state index >= 15 is 0 Å². The lowest BCUT2D eigenvalue weighted by atomic mass is 9.94. The zero-order valence-corrected chi connectivity index (χ0v) is 21.0. The van der Waals surface area contributed by atoms with Crippen LogP contribution < -0.4 is 5.56 Å². The molecule has 3 aromatic carbocycles. The van der Waals surface area contributed by atoms with Crippen LogP contribution in [0.15, 0.2) is 83.7 Å². The summed E-state index contributed by atoms with van der Waals surface area (Å²) in [4.78, 5) is 20.8. The SMILES string of the molecule is C.Cc1nc2c(c(=O)n1C(c1ccccc1)c1ccccc1)CN(Cc1ccc(C(F)(F)F)cc1F)CC2C. The smallest absolute Gasteiger partial charge is 0.294 e. The second kappa shape index (κ2) is 11.1. The molecule has 0 N–H and O–H groups in total. The molecule has 39 heavy (non-hydrogen) atoms. The zero-order valence-electron chi connectivity index (χ0n) is 21.0. The van der Waals surface area contributed by atoms with Crippen LogP contribution >= 0.6 is 0 Å². The predicted octanol–water partition coefficient (Wildman–Crippen LogP) is 7.10. The Morgan fingerprint density at radius 2 is 1.56 bits per heavy atom. The van der Waals surface area contributed by atoms with Gasteiger partial charge in [-0.15, -0.1) is 0 Å². The maximum absolute atomic E-state index is 14.6. The molecule has 0 saturated carbocycles. The van der Waals surface area contributed by atoms with Crippen molar-refractivity contribution in [3.05, 3.63) is 134 Å². The lowest BCUT2D eigenvalue weighted by Gasteiger charge is -2.33. The maximum atomic E-state index is 14.6. The minimum Gasteiger partial charge on any atom is -0.294 e. The number of rotatable bonds is 5. The highest BCUT2D eigenvalue weighted by Crippen LogP contribution is 2.32. The van der Waals surface area contributed by atoms with Crippen LogP contribution in [0.4, 0.5) is 17.6 Å². The third-order valence-electron chi connectivity index (χ3n) is 7.06. The summed E-state index contributed by atoms with van der Waals surface area (Å²) in [7, 11) is 0. The minimum atomic E-state index is -4.61. The summed E-state index contributed by atoms with van der Waals surface area (Å²) in [6, 6.07) is 21.7. The van der Waals surface area contributed by atoms with Crippen LogP contribution in [0, 0.1) is 12.7 Å². The van der Waals surface area contributed by atoms with Gasteiger partial charge in [-0.1, -0.05) is 81.1 Å². The molecule has 1 aromatic heterocycles. The number of hydrogen-bond donors (Lipinski definition) is 0. The highest BCUT2D eigenvalue weighted by molar-refractivity contribution is 5.35. The Morgan fingerprint density at radius 3 is 2.10 bits per heavy atom. The molecule has 0 aliphatic carbocycles. The number of halogens is 4. The molecule has 0 bridgehead atoms. The van der Waals surface area contributed by atoms with E-state index in [2.05, 4.69) is 0 Å². The summed E-state index contributed by atoms with van der Waals surface area (Å²) in [6.07, 6.45) is -4.61. The average molecular weight is 538 g/mol. The van der Waals surface area contributed by atoms with Crippen molar-refractivity contribution >= 4 is 0 Å². The number of fused-ring (bicyclic) bond motifs is 1. The molecule has 1 atom stereocenters. The molecule has 4 nitrogen and oxygen atoms in total. The molecule has 204 valence electrons. The van der Waals surface area contributed by atoms with E-state index < -0.39 is 17.6 Å². The number of aromatic nitrogens is 2. The van der Waals surface area contributed by atoms with E-state index in [0.717, 1.165) is 17.2 Å². The van der Waals surface area contributed by atoms with E-state index in [1.807, 2.05) is 79.4 Å². The molecule has 8 heteroatoms. The molecule has 0 amide bonds. The summed E-state index contributed by atoms with van der Waals surface area (Å²) < 4.78 is 55.2. The van der Waals surface area contributed by atoms with Gasteiger partial charge in [0.15, 0.2) is 0 Å². The van der Waals surface area contributed by atoms with Gasteiger partial charge in [-0.25, -0.2) is 9.37 Å². The third-order valence-corrected chi connectivity index (χ3v) is 7.06. The van der Waals surface area contributed by atoms with E-state index in [-0.39, 0.29) is 43.6 Å². The van der Waals surface area contributed by atoms with Crippen LogP contribution in [-0.2, 0) is 19.3 Å². The largest absolute Gasteiger partial charge is 0.416 e. The van der Waals surface area contributed by atoms with E-state index in [1.165, 1.54) is 6.07 Å². The van der Waals surface area contributed by atoms with E-state index in [1.54, 1.807) is 4.57 Å². The molecule has 5 rings (SSSR count). The van der Waals surface area contributed by atoms with Gasteiger partial charge in [0, 0.05) is 31.1 Å². The molecule has 4 aromatic rings. The van der Waals surface area contributed by atoms with Crippen LogP contribution in [0.2, 0.25) is 0 Å². The quantitative estimate of drug-likeness (QED) is 0.255. The van der Waals surface area contributed by atoms with Crippen molar-refractivity contribution in [3.8, 4) is 0 Å².